The van der Waals surface area contributed by atoms with Crippen LogP contribution in [-0.2, 0) is 23.6 Å². The van der Waals surface area contributed by atoms with Crippen molar-refractivity contribution in [2.24, 2.45) is 14.1 Å². The summed E-state index contributed by atoms with van der Waals surface area (Å²) in [5.41, 5.74) is 0.423. The Morgan fingerprint density at radius 3 is 2.84 bits per heavy atom. The number of aromatic nitrogens is 4. The number of carbonyl (C=O) groups is 1. The van der Waals surface area contributed by atoms with Gasteiger partial charge in [-0.05, 0) is 6.92 Å². The first-order valence-electron chi connectivity index (χ1n) is 5.72. The van der Waals surface area contributed by atoms with Crippen molar-refractivity contribution < 1.29 is 9.53 Å². The summed E-state index contributed by atoms with van der Waals surface area (Å²) < 4.78 is 7.68. The largest absolute Gasteiger partial charge is 0.465 e. The summed E-state index contributed by atoms with van der Waals surface area (Å²) in [5.74, 6) is -0.192. The summed E-state index contributed by atoms with van der Waals surface area (Å²) in [7, 11) is 3.31. The van der Waals surface area contributed by atoms with E-state index >= 15 is 0 Å². The SMILES string of the molecule is CCOC(=O)CSc1nn(C)c2cnn(C)c(=O)c12. The molecular weight excluding hydrogens is 268 g/mol. The molecule has 0 unspecified atom stereocenters. The van der Waals surface area contributed by atoms with Crippen LogP contribution in [0.5, 0.6) is 0 Å². The predicted octanol–water partition coefficient (Wildman–Crippen LogP) is 0.322. The number of rotatable bonds is 4. The van der Waals surface area contributed by atoms with E-state index in [0.29, 0.717) is 22.5 Å². The molecule has 0 aliphatic heterocycles. The van der Waals surface area contributed by atoms with Crippen LogP contribution in [0.2, 0.25) is 0 Å². The number of fused-ring (bicyclic) bond motifs is 1. The van der Waals surface area contributed by atoms with E-state index < -0.39 is 0 Å². The van der Waals surface area contributed by atoms with Gasteiger partial charge in [0.05, 0.1) is 24.1 Å². The Kier molecular flexibility index (Phi) is 3.89. The van der Waals surface area contributed by atoms with Crippen molar-refractivity contribution >= 4 is 28.6 Å². The Hall–Kier alpha value is -1.83. The molecule has 19 heavy (non-hydrogen) atoms. The van der Waals surface area contributed by atoms with Crippen molar-refractivity contribution in [3.63, 3.8) is 0 Å². The number of nitrogens with zero attached hydrogens (tertiary/aromatic N) is 4. The minimum Gasteiger partial charge on any atom is -0.465 e. The number of carbonyl (C=O) groups excluding carboxylic acids is 1. The molecule has 7 nitrogen and oxygen atoms in total. The molecule has 0 aliphatic rings. The maximum Gasteiger partial charge on any atom is 0.316 e. The molecule has 0 radical (unpaired) electrons. The van der Waals surface area contributed by atoms with Crippen molar-refractivity contribution in [3.8, 4) is 0 Å². The lowest BCUT2D eigenvalue weighted by Gasteiger charge is -2.00. The third-order valence-corrected chi connectivity index (χ3v) is 3.49. The normalized spacial score (nSPS) is 10.9. The van der Waals surface area contributed by atoms with Gasteiger partial charge in [-0.15, -0.1) is 0 Å². The van der Waals surface area contributed by atoms with Crippen LogP contribution in [0, 0.1) is 0 Å². The monoisotopic (exact) mass is 282 g/mol. The number of esters is 1. The Morgan fingerprint density at radius 1 is 1.42 bits per heavy atom. The third-order valence-electron chi connectivity index (χ3n) is 2.55. The van der Waals surface area contributed by atoms with Gasteiger partial charge < -0.3 is 4.74 Å². The zero-order valence-electron chi connectivity index (χ0n) is 10.9. The van der Waals surface area contributed by atoms with Gasteiger partial charge in [-0.25, -0.2) is 4.68 Å². The second-order valence-corrected chi connectivity index (χ2v) is 4.82. The van der Waals surface area contributed by atoms with Gasteiger partial charge in [-0.2, -0.15) is 10.2 Å². The number of aryl methyl sites for hydroxylation is 2. The van der Waals surface area contributed by atoms with Crippen molar-refractivity contribution in [1.29, 1.82) is 0 Å². The predicted molar refractivity (Wildman–Crippen MR) is 71.1 cm³/mol. The Balaban J connectivity index is 2.36. The fourth-order valence-corrected chi connectivity index (χ4v) is 2.50. The molecule has 8 heteroatoms. The molecule has 2 heterocycles. The van der Waals surface area contributed by atoms with Gasteiger partial charge in [-0.1, -0.05) is 11.8 Å². The highest BCUT2D eigenvalue weighted by atomic mass is 32.2. The summed E-state index contributed by atoms with van der Waals surface area (Å²) in [4.78, 5) is 23.4. The molecule has 0 amide bonds. The highest BCUT2D eigenvalue weighted by Gasteiger charge is 2.15. The van der Waals surface area contributed by atoms with Gasteiger partial charge in [0, 0.05) is 14.1 Å². The van der Waals surface area contributed by atoms with E-state index in [4.69, 9.17) is 4.74 Å². The zero-order chi connectivity index (χ0) is 14.0. The molecule has 0 fully saturated rings. The lowest BCUT2D eigenvalue weighted by Crippen LogP contribution is -2.19. The van der Waals surface area contributed by atoms with E-state index in [1.54, 1.807) is 31.9 Å². The van der Waals surface area contributed by atoms with Crippen LogP contribution in [0.25, 0.3) is 10.9 Å². The van der Waals surface area contributed by atoms with Crippen LogP contribution in [-0.4, -0.2) is 37.9 Å². The molecule has 0 spiro atoms. The molecule has 0 saturated heterocycles. The molecule has 0 atom stereocenters. The Morgan fingerprint density at radius 2 is 2.16 bits per heavy atom. The van der Waals surface area contributed by atoms with Gasteiger partial charge >= 0.3 is 5.97 Å². The summed E-state index contributed by atoms with van der Waals surface area (Å²) in [6, 6.07) is 0. The molecule has 2 aromatic heterocycles. The number of hydrogen-bond donors (Lipinski definition) is 0. The van der Waals surface area contributed by atoms with Crippen LogP contribution in [0.3, 0.4) is 0 Å². The summed E-state index contributed by atoms with van der Waals surface area (Å²) in [5, 5.41) is 9.19. The third kappa shape index (κ3) is 2.62. The molecule has 0 aliphatic carbocycles. The average molecular weight is 282 g/mol. The minimum atomic E-state index is -0.322. The second-order valence-electron chi connectivity index (χ2n) is 3.86. The van der Waals surface area contributed by atoms with Gasteiger partial charge in [0.15, 0.2) is 0 Å². The zero-order valence-corrected chi connectivity index (χ0v) is 11.7. The van der Waals surface area contributed by atoms with Crippen LogP contribution >= 0.6 is 11.8 Å². The molecule has 2 rings (SSSR count). The fourth-order valence-electron chi connectivity index (χ4n) is 1.65. The molecule has 102 valence electrons. The maximum absolute atomic E-state index is 12.1. The first-order chi connectivity index (χ1) is 9.04. The van der Waals surface area contributed by atoms with Gasteiger partial charge in [-0.3, -0.25) is 14.3 Å². The highest BCUT2D eigenvalue weighted by molar-refractivity contribution is 8.00. The fraction of sp³-hybridized carbons (Fsp3) is 0.455. The summed E-state index contributed by atoms with van der Waals surface area (Å²) in [6.07, 6.45) is 1.58. The molecule has 0 N–H and O–H groups in total. The second kappa shape index (κ2) is 5.43. The van der Waals surface area contributed by atoms with Crippen molar-refractivity contribution in [2.75, 3.05) is 12.4 Å². The lowest BCUT2D eigenvalue weighted by atomic mass is 10.4. The summed E-state index contributed by atoms with van der Waals surface area (Å²) in [6.45, 7) is 2.09. The molecule has 2 aromatic rings. The topological polar surface area (TPSA) is 79.0 Å². The average Bonchev–Trinajstić information content (AvgIpc) is 2.69. The van der Waals surface area contributed by atoms with E-state index in [0.717, 1.165) is 0 Å². The number of thioether (sulfide) groups is 1. The van der Waals surface area contributed by atoms with E-state index in [9.17, 15) is 9.59 Å². The highest BCUT2D eigenvalue weighted by Crippen LogP contribution is 2.23. The van der Waals surface area contributed by atoms with Gasteiger partial charge in [0.2, 0.25) is 0 Å². The first kappa shape index (κ1) is 13.6. The molecule has 0 bridgehead atoms. The standard InChI is InChI=1S/C11H14N4O3S/c1-4-18-8(16)6-19-10-9-7(14(2)13-10)5-12-15(3)11(9)17/h5H,4,6H2,1-3H3. The smallest absolute Gasteiger partial charge is 0.316 e. The summed E-state index contributed by atoms with van der Waals surface area (Å²) >= 11 is 1.19. The first-order valence-corrected chi connectivity index (χ1v) is 6.70. The van der Waals surface area contributed by atoms with E-state index in [-0.39, 0.29) is 17.3 Å². The van der Waals surface area contributed by atoms with Crippen LogP contribution in [0.4, 0.5) is 0 Å². The Bertz CT molecular complexity index is 676. The molecule has 0 aromatic carbocycles. The van der Waals surface area contributed by atoms with E-state index in [1.165, 1.54) is 16.4 Å². The van der Waals surface area contributed by atoms with Crippen LogP contribution in [0.15, 0.2) is 16.0 Å². The number of ether oxygens (including phenoxy) is 1. The van der Waals surface area contributed by atoms with E-state index in [2.05, 4.69) is 10.2 Å². The minimum absolute atomic E-state index is 0.130. The quantitative estimate of drug-likeness (QED) is 0.593. The maximum atomic E-state index is 12.1. The lowest BCUT2D eigenvalue weighted by molar-refractivity contribution is -0.139. The Labute approximate surface area is 113 Å². The van der Waals surface area contributed by atoms with Crippen molar-refractivity contribution in [1.82, 2.24) is 19.6 Å². The van der Waals surface area contributed by atoms with Crippen molar-refractivity contribution in [3.05, 3.63) is 16.6 Å². The molecule has 0 saturated carbocycles. The van der Waals surface area contributed by atoms with Gasteiger partial charge in [0.1, 0.15) is 10.4 Å². The van der Waals surface area contributed by atoms with Crippen molar-refractivity contribution in [2.45, 2.75) is 11.9 Å². The van der Waals surface area contributed by atoms with E-state index in [1.807, 2.05) is 0 Å². The number of hydrogen-bond acceptors (Lipinski definition) is 6. The van der Waals surface area contributed by atoms with Crippen LogP contribution in [0.1, 0.15) is 6.92 Å². The molecular formula is C11H14N4O3S. The van der Waals surface area contributed by atoms with Crippen LogP contribution < -0.4 is 5.56 Å². The van der Waals surface area contributed by atoms with Gasteiger partial charge in [0.25, 0.3) is 5.56 Å².